The molecule has 0 spiro atoms. The number of aromatic nitrogens is 1. The molecule has 34 heavy (non-hydrogen) atoms. The lowest BCUT2D eigenvalue weighted by Crippen LogP contribution is -2.29. The topological polar surface area (TPSA) is 120 Å². The molecule has 0 saturated carbocycles. The van der Waals surface area contributed by atoms with Crippen molar-refractivity contribution in [2.75, 3.05) is 6.61 Å². The third kappa shape index (κ3) is 6.90. The van der Waals surface area contributed by atoms with Gasteiger partial charge in [-0.2, -0.15) is 0 Å². The number of carbonyl (C=O) groups is 4. The van der Waals surface area contributed by atoms with Crippen molar-refractivity contribution in [2.45, 2.75) is 56.8 Å². The standard InChI is InChI=1S/C25H27NO7S/c1-3-16-6-9-19(26-14-16)20(33-23(30)11-10-22(28)29)15-32-18-7-4-17(5-8-18)13-25(2)21(27)12-24(31)34-25/h4-9,14,20H,3,10-13,15H2,1-2H3,(H,28,29)/t20-,25?/m0/s1. The average Bonchev–Trinajstić information content (AvgIpc) is 3.06. The van der Waals surface area contributed by atoms with E-state index >= 15 is 0 Å². The van der Waals surface area contributed by atoms with E-state index in [1.54, 1.807) is 31.3 Å². The number of ketones is 1. The Morgan fingerprint density at radius 2 is 1.82 bits per heavy atom. The number of hydrogen-bond donors (Lipinski definition) is 1. The normalized spacial score (nSPS) is 18.5. The predicted octanol–water partition coefficient (Wildman–Crippen LogP) is 3.71. The van der Waals surface area contributed by atoms with Gasteiger partial charge < -0.3 is 14.6 Å². The van der Waals surface area contributed by atoms with Crippen LogP contribution in [0.2, 0.25) is 0 Å². The fourth-order valence-corrected chi connectivity index (χ4v) is 4.63. The molecule has 180 valence electrons. The summed E-state index contributed by atoms with van der Waals surface area (Å²) in [6.45, 7) is 3.79. The summed E-state index contributed by atoms with van der Waals surface area (Å²) in [5.74, 6) is -1.25. The van der Waals surface area contributed by atoms with Gasteiger partial charge in [-0.25, -0.2) is 0 Å². The fraction of sp³-hybridized carbons (Fsp3) is 0.400. The summed E-state index contributed by atoms with van der Waals surface area (Å²) >= 11 is 1.09. The molecule has 8 nitrogen and oxygen atoms in total. The second kappa shape index (κ2) is 11.3. The van der Waals surface area contributed by atoms with Crippen LogP contribution in [0.15, 0.2) is 42.6 Å². The Balaban J connectivity index is 1.65. The lowest BCUT2D eigenvalue weighted by molar-refractivity contribution is -0.153. The van der Waals surface area contributed by atoms with Crippen LogP contribution in [-0.2, 0) is 36.8 Å². The van der Waals surface area contributed by atoms with Crippen LogP contribution in [0.5, 0.6) is 5.75 Å². The zero-order chi connectivity index (χ0) is 24.7. The minimum absolute atomic E-state index is 0.00279. The van der Waals surface area contributed by atoms with Gasteiger partial charge in [0.05, 0.1) is 29.7 Å². The molecule has 0 bridgehead atoms. The lowest BCUT2D eigenvalue weighted by atomic mass is 9.95. The molecule has 2 aromatic rings. The number of aryl methyl sites for hydroxylation is 1. The van der Waals surface area contributed by atoms with Crippen molar-refractivity contribution < 1.29 is 33.8 Å². The Kier molecular flexibility index (Phi) is 8.44. The first-order valence-corrected chi connectivity index (χ1v) is 11.8. The second-order valence-corrected chi connectivity index (χ2v) is 9.81. The fourth-order valence-electron chi connectivity index (χ4n) is 3.50. The molecule has 1 aliphatic rings. The van der Waals surface area contributed by atoms with E-state index in [1.807, 2.05) is 25.1 Å². The van der Waals surface area contributed by atoms with Crippen LogP contribution >= 0.6 is 11.8 Å². The number of carboxylic acids is 1. The highest BCUT2D eigenvalue weighted by atomic mass is 32.2. The molecule has 1 unspecified atom stereocenters. The maximum Gasteiger partial charge on any atom is 0.307 e. The molecular weight excluding hydrogens is 458 g/mol. The van der Waals surface area contributed by atoms with E-state index in [4.69, 9.17) is 14.6 Å². The Morgan fingerprint density at radius 1 is 1.12 bits per heavy atom. The summed E-state index contributed by atoms with van der Waals surface area (Å²) in [5, 5.41) is 8.70. The molecule has 2 heterocycles. The van der Waals surface area contributed by atoms with Gasteiger partial charge in [0.2, 0.25) is 0 Å². The van der Waals surface area contributed by atoms with E-state index in [0.717, 1.165) is 29.3 Å². The highest BCUT2D eigenvalue weighted by Crippen LogP contribution is 2.39. The van der Waals surface area contributed by atoms with Gasteiger partial charge in [0.1, 0.15) is 12.4 Å². The first-order chi connectivity index (χ1) is 16.2. The Morgan fingerprint density at radius 3 is 2.38 bits per heavy atom. The van der Waals surface area contributed by atoms with Crippen LogP contribution in [0.25, 0.3) is 0 Å². The minimum Gasteiger partial charge on any atom is -0.489 e. The van der Waals surface area contributed by atoms with Crippen LogP contribution < -0.4 is 4.74 Å². The Hall–Kier alpha value is -3.20. The predicted molar refractivity (Wildman–Crippen MR) is 126 cm³/mol. The van der Waals surface area contributed by atoms with E-state index in [2.05, 4.69) is 4.98 Å². The number of aliphatic carboxylic acids is 1. The number of esters is 1. The quantitative estimate of drug-likeness (QED) is 0.375. The molecule has 1 N–H and O–H groups in total. The van der Waals surface area contributed by atoms with E-state index in [9.17, 15) is 19.2 Å². The molecule has 9 heteroatoms. The zero-order valence-corrected chi connectivity index (χ0v) is 19.9. The van der Waals surface area contributed by atoms with Crippen LogP contribution in [0, 0.1) is 0 Å². The van der Waals surface area contributed by atoms with Crippen LogP contribution in [0.4, 0.5) is 0 Å². The second-order valence-electron chi connectivity index (χ2n) is 8.25. The molecule has 0 aliphatic carbocycles. The van der Waals surface area contributed by atoms with Gasteiger partial charge in [-0.1, -0.05) is 36.9 Å². The summed E-state index contributed by atoms with van der Waals surface area (Å²) in [4.78, 5) is 51.0. The average molecular weight is 486 g/mol. The lowest BCUT2D eigenvalue weighted by Gasteiger charge is -2.20. The third-order valence-electron chi connectivity index (χ3n) is 5.50. The van der Waals surface area contributed by atoms with Gasteiger partial charge in [0.25, 0.3) is 0 Å². The SMILES string of the molecule is CCc1ccc([C@H](COc2ccc(CC3(C)SC(=O)CC3=O)cc2)OC(=O)CCC(=O)O)nc1. The van der Waals surface area contributed by atoms with E-state index in [0.29, 0.717) is 17.9 Å². The number of benzene rings is 1. The number of pyridine rings is 1. The molecule has 1 aliphatic heterocycles. The summed E-state index contributed by atoms with van der Waals surface area (Å²) in [6, 6.07) is 10.8. The van der Waals surface area contributed by atoms with Crippen molar-refractivity contribution in [3.63, 3.8) is 0 Å². The maximum atomic E-state index is 12.2. The first kappa shape index (κ1) is 25.4. The minimum atomic E-state index is -1.08. The maximum absolute atomic E-state index is 12.2. The number of thioether (sulfide) groups is 1. The van der Waals surface area contributed by atoms with E-state index in [-0.39, 0.29) is 36.8 Å². The number of rotatable bonds is 11. The zero-order valence-electron chi connectivity index (χ0n) is 19.1. The van der Waals surface area contributed by atoms with Gasteiger partial charge in [0.15, 0.2) is 17.0 Å². The summed E-state index contributed by atoms with van der Waals surface area (Å²) in [6.07, 6.45) is 1.57. The third-order valence-corrected chi connectivity index (χ3v) is 6.70. The van der Waals surface area contributed by atoms with Crippen molar-refractivity contribution in [1.82, 2.24) is 4.98 Å². The van der Waals surface area contributed by atoms with Crippen molar-refractivity contribution >= 4 is 34.6 Å². The van der Waals surface area contributed by atoms with E-state index in [1.165, 1.54) is 0 Å². The van der Waals surface area contributed by atoms with Crippen molar-refractivity contribution in [1.29, 1.82) is 0 Å². The highest BCUT2D eigenvalue weighted by molar-refractivity contribution is 8.16. The van der Waals surface area contributed by atoms with Gasteiger partial charge in [-0.05, 0) is 49.1 Å². The van der Waals surface area contributed by atoms with Gasteiger partial charge in [-0.15, -0.1) is 0 Å². The molecule has 2 atom stereocenters. The largest absolute Gasteiger partial charge is 0.489 e. The van der Waals surface area contributed by atoms with Gasteiger partial charge in [-0.3, -0.25) is 24.2 Å². The molecule has 0 radical (unpaired) electrons. The number of ether oxygens (including phenoxy) is 2. The summed E-state index contributed by atoms with van der Waals surface area (Å²) in [7, 11) is 0. The van der Waals surface area contributed by atoms with Crippen LogP contribution in [0.3, 0.4) is 0 Å². The number of Topliss-reactive ketones (excluding diaryl/α,β-unsaturated/α-hetero) is 1. The number of carbonyl (C=O) groups excluding carboxylic acids is 3. The van der Waals surface area contributed by atoms with E-state index < -0.39 is 22.8 Å². The summed E-state index contributed by atoms with van der Waals surface area (Å²) < 4.78 is 10.6. The monoisotopic (exact) mass is 485 g/mol. The van der Waals surface area contributed by atoms with Crippen molar-refractivity contribution in [2.24, 2.45) is 0 Å². The number of nitrogens with zero attached hydrogens (tertiary/aromatic N) is 1. The molecule has 1 aromatic heterocycles. The van der Waals surface area contributed by atoms with Crippen LogP contribution in [0.1, 0.15) is 56.0 Å². The summed E-state index contributed by atoms with van der Waals surface area (Å²) in [5.41, 5.74) is 2.44. The molecule has 1 saturated heterocycles. The Bertz CT molecular complexity index is 1050. The molecule has 1 fully saturated rings. The number of carboxylic acid groups (broad SMARTS) is 1. The van der Waals surface area contributed by atoms with Gasteiger partial charge in [0, 0.05) is 6.20 Å². The molecule has 0 amide bonds. The Labute approximate surface area is 202 Å². The first-order valence-electron chi connectivity index (χ1n) is 11.0. The molecular formula is C25H27NO7S. The van der Waals surface area contributed by atoms with Gasteiger partial charge >= 0.3 is 11.9 Å². The molecule has 3 rings (SSSR count). The number of hydrogen-bond acceptors (Lipinski definition) is 8. The van der Waals surface area contributed by atoms with Crippen LogP contribution in [-0.4, -0.2) is 44.3 Å². The smallest absolute Gasteiger partial charge is 0.307 e. The highest BCUT2D eigenvalue weighted by Gasteiger charge is 2.43. The van der Waals surface area contributed by atoms with Crippen molar-refractivity contribution in [3.05, 3.63) is 59.4 Å². The molecule has 1 aromatic carbocycles. The van der Waals surface area contributed by atoms with Crippen molar-refractivity contribution in [3.8, 4) is 5.75 Å².